The predicted molar refractivity (Wildman–Crippen MR) is 109 cm³/mol. The van der Waals surface area contributed by atoms with Crippen LogP contribution < -0.4 is 9.46 Å². The number of nitrogens with one attached hydrogen (secondary N) is 1. The predicted octanol–water partition coefficient (Wildman–Crippen LogP) is 4.67. The molecule has 0 bridgehead atoms. The van der Waals surface area contributed by atoms with E-state index in [0.717, 1.165) is 27.8 Å². The molecule has 142 valence electrons. The lowest BCUT2D eigenvalue weighted by Crippen LogP contribution is -2.26. The lowest BCUT2D eigenvalue weighted by Gasteiger charge is -2.23. The van der Waals surface area contributed by atoms with E-state index in [1.807, 2.05) is 30.3 Å². The van der Waals surface area contributed by atoms with Gasteiger partial charge >= 0.3 is 0 Å². The van der Waals surface area contributed by atoms with Gasteiger partial charge < -0.3 is 4.74 Å². The zero-order valence-corrected chi connectivity index (χ0v) is 18.1. The fourth-order valence-electron chi connectivity index (χ4n) is 2.57. The third-order valence-corrected chi connectivity index (χ3v) is 6.85. The highest BCUT2D eigenvalue weighted by Gasteiger charge is 2.19. The molecule has 0 aliphatic rings. The molecule has 0 fully saturated rings. The maximum Gasteiger partial charge on any atom is 0.240 e. The Morgan fingerprint density at radius 3 is 2.31 bits per heavy atom. The van der Waals surface area contributed by atoms with Crippen molar-refractivity contribution in [3.8, 4) is 5.75 Å². The third kappa shape index (κ3) is 5.09. The first-order valence-electron chi connectivity index (χ1n) is 8.62. The van der Waals surface area contributed by atoms with Gasteiger partial charge in [-0.05, 0) is 69.6 Å². The highest BCUT2D eigenvalue weighted by molar-refractivity contribution is 9.10. The Hall–Kier alpha value is -1.37. The van der Waals surface area contributed by atoms with Crippen LogP contribution in [0.2, 0.25) is 0 Å². The van der Waals surface area contributed by atoms with Crippen molar-refractivity contribution in [3.63, 3.8) is 0 Å². The summed E-state index contributed by atoms with van der Waals surface area (Å²) in [6.07, 6.45) is 1.59. The number of halogens is 1. The smallest absolute Gasteiger partial charge is 0.240 e. The molecule has 0 atom stereocenters. The second kappa shape index (κ2) is 8.55. The van der Waals surface area contributed by atoms with Crippen molar-refractivity contribution in [1.82, 2.24) is 4.72 Å². The summed E-state index contributed by atoms with van der Waals surface area (Å²) < 4.78 is 33.7. The molecule has 2 rings (SSSR count). The minimum atomic E-state index is -3.51. The van der Waals surface area contributed by atoms with Gasteiger partial charge in [-0.3, -0.25) is 0 Å². The van der Waals surface area contributed by atoms with Crippen LogP contribution in [-0.4, -0.2) is 22.1 Å². The summed E-state index contributed by atoms with van der Waals surface area (Å²) in [5, 5.41) is 0. The minimum Gasteiger partial charge on any atom is -0.496 e. The van der Waals surface area contributed by atoms with Crippen LogP contribution >= 0.6 is 15.9 Å². The van der Waals surface area contributed by atoms with E-state index in [1.165, 1.54) is 0 Å². The molecule has 6 heteroatoms. The Bertz CT molecular complexity index is 846. The molecule has 2 aromatic rings. The highest BCUT2D eigenvalue weighted by Crippen LogP contribution is 2.27. The van der Waals surface area contributed by atoms with Crippen LogP contribution in [0.4, 0.5) is 0 Å². The topological polar surface area (TPSA) is 55.4 Å². The van der Waals surface area contributed by atoms with Crippen LogP contribution in [0, 0.1) is 0 Å². The van der Waals surface area contributed by atoms with E-state index in [0.29, 0.717) is 17.9 Å². The SMILES string of the molecule is CCC(C)(C)c1ccc(S(=O)(=O)NCCc2ccc(OC)c(Br)c2)cc1. The Labute approximate surface area is 165 Å². The Kier molecular flexibility index (Phi) is 6.88. The first-order valence-corrected chi connectivity index (χ1v) is 10.9. The number of methoxy groups -OCH3 is 1. The molecule has 0 aliphatic carbocycles. The molecular formula is C20H26BrNO3S. The summed E-state index contributed by atoms with van der Waals surface area (Å²) in [4.78, 5) is 0.295. The van der Waals surface area contributed by atoms with Gasteiger partial charge in [0.15, 0.2) is 0 Å². The van der Waals surface area contributed by atoms with Crippen molar-refractivity contribution in [1.29, 1.82) is 0 Å². The fourth-order valence-corrected chi connectivity index (χ4v) is 4.19. The second-order valence-corrected chi connectivity index (χ2v) is 9.50. The lowest BCUT2D eigenvalue weighted by atomic mass is 9.82. The first kappa shape index (κ1) is 20.9. The van der Waals surface area contributed by atoms with E-state index < -0.39 is 10.0 Å². The fraction of sp³-hybridized carbons (Fsp3) is 0.400. The van der Waals surface area contributed by atoms with Crippen molar-refractivity contribution in [2.45, 2.75) is 43.9 Å². The Balaban J connectivity index is 2.01. The third-order valence-electron chi connectivity index (χ3n) is 4.75. The molecule has 0 radical (unpaired) electrons. The maximum atomic E-state index is 12.5. The van der Waals surface area contributed by atoms with E-state index >= 15 is 0 Å². The molecule has 26 heavy (non-hydrogen) atoms. The number of ether oxygens (including phenoxy) is 1. The van der Waals surface area contributed by atoms with Gasteiger partial charge in [-0.1, -0.05) is 39.0 Å². The van der Waals surface area contributed by atoms with E-state index in [2.05, 4.69) is 41.4 Å². The molecular weight excluding hydrogens is 414 g/mol. The van der Waals surface area contributed by atoms with Crippen molar-refractivity contribution in [2.24, 2.45) is 0 Å². The molecule has 0 heterocycles. The van der Waals surface area contributed by atoms with Crippen LogP contribution in [-0.2, 0) is 21.9 Å². The van der Waals surface area contributed by atoms with Gasteiger partial charge in [-0.2, -0.15) is 0 Å². The number of hydrogen-bond donors (Lipinski definition) is 1. The number of benzene rings is 2. The normalized spacial score (nSPS) is 12.2. The molecule has 0 amide bonds. The zero-order valence-electron chi connectivity index (χ0n) is 15.7. The van der Waals surface area contributed by atoms with Gasteiger partial charge in [-0.15, -0.1) is 0 Å². The number of rotatable bonds is 8. The van der Waals surface area contributed by atoms with Gasteiger partial charge in [-0.25, -0.2) is 13.1 Å². The monoisotopic (exact) mass is 439 g/mol. The van der Waals surface area contributed by atoms with Crippen LogP contribution in [0.5, 0.6) is 5.75 Å². The summed E-state index contributed by atoms with van der Waals surface area (Å²) >= 11 is 3.44. The molecule has 0 unspecified atom stereocenters. The minimum absolute atomic E-state index is 0.0392. The average molecular weight is 440 g/mol. The van der Waals surface area contributed by atoms with E-state index in [9.17, 15) is 8.42 Å². The van der Waals surface area contributed by atoms with E-state index in [4.69, 9.17) is 4.74 Å². The van der Waals surface area contributed by atoms with Crippen molar-refractivity contribution in [3.05, 3.63) is 58.1 Å². The van der Waals surface area contributed by atoms with Crippen LogP contribution in [0.3, 0.4) is 0 Å². The largest absolute Gasteiger partial charge is 0.496 e. The zero-order chi connectivity index (χ0) is 19.4. The summed E-state index contributed by atoms with van der Waals surface area (Å²) in [6, 6.07) is 12.9. The number of sulfonamides is 1. The van der Waals surface area contributed by atoms with E-state index in [-0.39, 0.29) is 5.41 Å². The highest BCUT2D eigenvalue weighted by atomic mass is 79.9. The molecule has 0 saturated carbocycles. The summed E-state index contributed by atoms with van der Waals surface area (Å²) in [7, 11) is -1.90. The summed E-state index contributed by atoms with van der Waals surface area (Å²) in [6.45, 7) is 6.77. The van der Waals surface area contributed by atoms with E-state index in [1.54, 1.807) is 19.2 Å². The molecule has 2 aromatic carbocycles. The average Bonchev–Trinajstić information content (AvgIpc) is 2.62. The molecule has 4 nitrogen and oxygen atoms in total. The molecule has 0 saturated heterocycles. The van der Waals surface area contributed by atoms with Crippen LogP contribution in [0.25, 0.3) is 0 Å². The van der Waals surface area contributed by atoms with Gasteiger partial charge in [0, 0.05) is 6.54 Å². The van der Waals surface area contributed by atoms with Crippen molar-refractivity contribution in [2.75, 3.05) is 13.7 Å². The van der Waals surface area contributed by atoms with Crippen LogP contribution in [0.15, 0.2) is 51.8 Å². The lowest BCUT2D eigenvalue weighted by molar-refractivity contribution is 0.412. The molecule has 0 aliphatic heterocycles. The Morgan fingerprint density at radius 1 is 1.12 bits per heavy atom. The Morgan fingerprint density at radius 2 is 1.77 bits per heavy atom. The summed E-state index contributed by atoms with van der Waals surface area (Å²) in [5.74, 6) is 0.754. The van der Waals surface area contributed by atoms with Gasteiger partial charge in [0.05, 0.1) is 16.5 Å². The van der Waals surface area contributed by atoms with Gasteiger partial charge in [0.25, 0.3) is 0 Å². The van der Waals surface area contributed by atoms with Gasteiger partial charge in [0.1, 0.15) is 5.75 Å². The second-order valence-electron chi connectivity index (χ2n) is 6.88. The summed E-state index contributed by atoms with van der Waals surface area (Å²) in [5.41, 5.74) is 2.21. The van der Waals surface area contributed by atoms with Crippen LogP contribution in [0.1, 0.15) is 38.3 Å². The van der Waals surface area contributed by atoms with Crippen molar-refractivity contribution < 1.29 is 13.2 Å². The van der Waals surface area contributed by atoms with Crippen molar-refractivity contribution >= 4 is 26.0 Å². The first-order chi connectivity index (χ1) is 12.2. The maximum absolute atomic E-state index is 12.5. The molecule has 0 spiro atoms. The quantitative estimate of drug-likeness (QED) is 0.649. The molecule has 0 aromatic heterocycles. The molecule has 1 N–H and O–H groups in total. The number of hydrogen-bond acceptors (Lipinski definition) is 3. The standard InChI is InChI=1S/C20H26BrNO3S/c1-5-20(2,3)16-7-9-17(10-8-16)26(23,24)22-13-12-15-6-11-19(25-4)18(21)14-15/h6-11,14,22H,5,12-13H2,1-4H3. The van der Waals surface area contributed by atoms with Gasteiger partial charge in [0.2, 0.25) is 10.0 Å².